The summed E-state index contributed by atoms with van der Waals surface area (Å²) in [5.74, 6) is -1.39. The van der Waals surface area contributed by atoms with Crippen LogP contribution in [0.3, 0.4) is 0 Å². The smallest absolute Gasteiger partial charge is 0.286 e. The fraction of sp³-hybridized carbons (Fsp3) is 0.111. The van der Waals surface area contributed by atoms with E-state index in [4.69, 9.17) is 0 Å². The Hall–Kier alpha value is -2.11. The van der Waals surface area contributed by atoms with Crippen molar-refractivity contribution in [2.24, 2.45) is 4.99 Å². The van der Waals surface area contributed by atoms with Gasteiger partial charge < -0.3 is 0 Å². The molecule has 0 bridgehead atoms. The largest absolute Gasteiger partial charge is 0.309 e. The Morgan fingerprint density at radius 3 is 2.87 bits per heavy atom. The summed E-state index contributed by atoms with van der Waals surface area (Å²) < 4.78 is 13.1. The van der Waals surface area contributed by atoms with Crippen molar-refractivity contribution in [1.82, 2.24) is 0 Å². The van der Waals surface area contributed by atoms with Crippen molar-refractivity contribution >= 4 is 17.7 Å². The van der Waals surface area contributed by atoms with Gasteiger partial charge in [0.2, 0.25) is 5.78 Å². The van der Waals surface area contributed by atoms with E-state index in [1.165, 1.54) is 12.1 Å². The molecule has 1 heterocycles. The summed E-state index contributed by atoms with van der Waals surface area (Å²) in [7, 11) is 0. The van der Waals surface area contributed by atoms with Gasteiger partial charge in [-0.3, -0.25) is 14.9 Å². The first-order chi connectivity index (χ1) is 7.11. The van der Waals surface area contributed by atoms with E-state index < -0.39 is 22.6 Å². The van der Waals surface area contributed by atoms with Gasteiger partial charge in [0.25, 0.3) is 0 Å². The molecule has 0 saturated carbocycles. The molecule has 0 fully saturated rings. The van der Waals surface area contributed by atoms with E-state index in [0.717, 1.165) is 12.3 Å². The zero-order valence-corrected chi connectivity index (χ0v) is 7.38. The minimum atomic E-state index is -1.50. The number of carbonyl (C=O) groups excluding carboxylic acids is 1. The minimum absolute atomic E-state index is 0.0424. The second-order valence-corrected chi connectivity index (χ2v) is 3.01. The number of aliphatic imine (C=N–C) groups is 1. The molecule has 0 N–H and O–H groups in total. The Morgan fingerprint density at radius 2 is 2.20 bits per heavy atom. The maximum Gasteiger partial charge on any atom is 0.309 e. The lowest BCUT2D eigenvalue weighted by molar-refractivity contribution is -0.485. The quantitative estimate of drug-likeness (QED) is 0.516. The normalized spacial score (nSPS) is 18.7. The number of nitrogens with zero attached hydrogens (tertiary/aromatic N) is 2. The van der Waals surface area contributed by atoms with Gasteiger partial charge in [-0.1, -0.05) is 6.07 Å². The molecule has 1 aromatic rings. The Bertz CT molecular complexity index is 484. The van der Waals surface area contributed by atoms with Crippen LogP contribution in [-0.2, 0) is 0 Å². The third kappa shape index (κ3) is 1.39. The average Bonchev–Trinajstić information content (AvgIpc) is 2.19. The van der Waals surface area contributed by atoms with Crippen molar-refractivity contribution in [3.8, 4) is 0 Å². The summed E-state index contributed by atoms with van der Waals surface area (Å²) in [4.78, 5) is 24.8. The summed E-state index contributed by atoms with van der Waals surface area (Å²) in [6, 6.07) is 2.30. The zero-order valence-electron chi connectivity index (χ0n) is 7.38. The molecule has 0 aliphatic carbocycles. The molecule has 76 valence electrons. The topological polar surface area (TPSA) is 72.6 Å². The summed E-state index contributed by atoms with van der Waals surface area (Å²) in [6.45, 7) is 0. The number of rotatable bonds is 1. The van der Waals surface area contributed by atoms with Crippen molar-refractivity contribution < 1.29 is 14.1 Å². The van der Waals surface area contributed by atoms with E-state index in [2.05, 4.69) is 4.99 Å². The number of fused-ring (bicyclic) bond motifs is 1. The molecule has 15 heavy (non-hydrogen) atoms. The Kier molecular flexibility index (Phi) is 2.03. The highest BCUT2D eigenvalue weighted by molar-refractivity contribution is 6.14. The first-order valence-corrected chi connectivity index (χ1v) is 4.11. The van der Waals surface area contributed by atoms with Gasteiger partial charge >= 0.3 is 6.04 Å². The SMILES string of the molecule is O=C1c2cccc(F)c2N=CC1[N+](=O)[O-]. The van der Waals surface area contributed by atoms with E-state index in [-0.39, 0.29) is 11.3 Å². The molecule has 6 heteroatoms. The van der Waals surface area contributed by atoms with E-state index >= 15 is 0 Å². The summed E-state index contributed by atoms with van der Waals surface area (Å²) >= 11 is 0. The summed E-state index contributed by atoms with van der Waals surface area (Å²) in [5.41, 5.74) is -0.167. The number of carbonyl (C=O) groups is 1. The lowest BCUT2D eigenvalue weighted by Gasteiger charge is -2.11. The van der Waals surface area contributed by atoms with Crippen LogP contribution >= 0.6 is 0 Å². The molecule has 0 aromatic heterocycles. The molecule has 1 aliphatic rings. The lowest BCUT2D eigenvalue weighted by Crippen LogP contribution is -2.33. The molecule has 1 atom stereocenters. The third-order valence-electron chi connectivity index (χ3n) is 2.09. The van der Waals surface area contributed by atoms with E-state index in [1.807, 2.05) is 0 Å². The summed E-state index contributed by atoms with van der Waals surface area (Å²) in [6.07, 6.45) is 0.855. The lowest BCUT2D eigenvalue weighted by atomic mass is 10.0. The maximum atomic E-state index is 13.1. The monoisotopic (exact) mass is 208 g/mol. The molecule has 2 rings (SSSR count). The highest BCUT2D eigenvalue weighted by Gasteiger charge is 2.34. The number of hydrogen-bond donors (Lipinski definition) is 0. The first kappa shape index (κ1) is 9.45. The van der Waals surface area contributed by atoms with Crippen LogP contribution < -0.4 is 0 Å². The van der Waals surface area contributed by atoms with Crippen LogP contribution in [0.5, 0.6) is 0 Å². The van der Waals surface area contributed by atoms with Gasteiger partial charge in [0, 0.05) is 4.92 Å². The molecule has 0 spiro atoms. The minimum Gasteiger partial charge on any atom is -0.286 e. The van der Waals surface area contributed by atoms with Crippen LogP contribution in [0.15, 0.2) is 23.2 Å². The molecular formula is C9H5FN2O3. The van der Waals surface area contributed by atoms with Gasteiger partial charge in [0.15, 0.2) is 0 Å². The van der Waals surface area contributed by atoms with E-state index in [1.54, 1.807) is 0 Å². The molecule has 1 unspecified atom stereocenters. The average molecular weight is 208 g/mol. The molecular weight excluding hydrogens is 203 g/mol. The number of para-hydroxylation sites is 1. The van der Waals surface area contributed by atoms with E-state index in [0.29, 0.717) is 0 Å². The van der Waals surface area contributed by atoms with E-state index in [9.17, 15) is 19.3 Å². The van der Waals surface area contributed by atoms with Crippen LogP contribution in [0, 0.1) is 15.9 Å². The van der Waals surface area contributed by atoms with Gasteiger partial charge in [-0.25, -0.2) is 9.38 Å². The summed E-state index contributed by atoms with van der Waals surface area (Å²) in [5, 5.41) is 10.5. The molecule has 0 amide bonds. The Labute approximate surface area is 83.4 Å². The fourth-order valence-electron chi connectivity index (χ4n) is 1.37. The third-order valence-corrected chi connectivity index (χ3v) is 2.09. The number of halogens is 1. The fourth-order valence-corrected chi connectivity index (χ4v) is 1.37. The molecule has 5 nitrogen and oxygen atoms in total. The number of benzene rings is 1. The van der Waals surface area contributed by atoms with Gasteiger partial charge in [-0.2, -0.15) is 0 Å². The standard InChI is InChI=1S/C9H5FN2O3/c10-6-3-1-2-5-8(6)11-4-7(9(5)13)12(14)15/h1-4,7H. The van der Waals surface area contributed by atoms with Crippen LogP contribution in [0.25, 0.3) is 0 Å². The van der Waals surface area contributed by atoms with Crippen molar-refractivity contribution in [3.63, 3.8) is 0 Å². The number of hydrogen-bond acceptors (Lipinski definition) is 4. The second kappa shape index (κ2) is 3.23. The predicted octanol–water partition coefficient (Wildman–Crippen LogP) is 1.37. The van der Waals surface area contributed by atoms with Crippen molar-refractivity contribution in [1.29, 1.82) is 0 Å². The highest BCUT2D eigenvalue weighted by atomic mass is 19.1. The van der Waals surface area contributed by atoms with Gasteiger partial charge in [0.05, 0.1) is 11.8 Å². The van der Waals surface area contributed by atoms with Crippen molar-refractivity contribution in [3.05, 3.63) is 39.7 Å². The molecule has 1 aliphatic heterocycles. The zero-order chi connectivity index (χ0) is 11.0. The van der Waals surface area contributed by atoms with Crippen molar-refractivity contribution in [2.45, 2.75) is 6.04 Å². The van der Waals surface area contributed by atoms with Gasteiger partial charge in [-0.15, -0.1) is 0 Å². The number of Topliss-reactive ketones (excluding diaryl/α,β-unsaturated/α-hetero) is 1. The predicted molar refractivity (Wildman–Crippen MR) is 49.7 cm³/mol. The Balaban J connectivity index is 2.56. The van der Waals surface area contributed by atoms with Crippen LogP contribution in [0.2, 0.25) is 0 Å². The van der Waals surface area contributed by atoms with Gasteiger partial charge in [-0.05, 0) is 12.1 Å². The van der Waals surface area contributed by atoms with Crippen LogP contribution in [-0.4, -0.2) is 23.0 Å². The van der Waals surface area contributed by atoms with Gasteiger partial charge in [0.1, 0.15) is 11.5 Å². The number of nitro groups is 1. The maximum absolute atomic E-state index is 13.1. The van der Waals surface area contributed by atoms with Crippen LogP contribution in [0.1, 0.15) is 10.4 Å². The highest BCUT2D eigenvalue weighted by Crippen LogP contribution is 2.27. The Morgan fingerprint density at radius 1 is 1.47 bits per heavy atom. The second-order valence-electron chi connectivity index (χ2n) is 3.01. The molecule has 0 radical (unpaired) electrons. The molecule has 0 saturated heterocycles. The van der Waals surface area contributed by atoms with Crippen LogP contribution in [0.4, 0.5) is 10.1 Å². The van der Waals surface area contributed by atoms with Crippen molar-refractivity contribution in [2.75, 3.05) is 0 Å². The molecule has 1 aromatic carbocycles. The number of ketones is 1. The first-order valence-electron chi connectivity index (χ1n) is 4.11.